The fourth-order valence-corrected chi connectivity index (χ4v) is 2.61. The quantitative estimate of drug-likeness (QED) is 0.700. The summed E-state index contributed by atoms with van der Waals surface area (Å²) >= 11 is 6.09. The van der Waals surface area contributed by atoms with Crippen LogP contribution in [0.1, 0.15) is 38.4 Å². The van der Waals surface area contributed by atoms with Gasteiger partial charge in [0.25, 0.3) is 0 Å². The van der Waals surface area contributed by atoms with E-state index in [-0.39, 0.29) is 5.54 Å². The van der Waals surface area contributed by atoms with Gasteiger partial charge in [-0.1, -0.05) is 35.9 Å². The summed E-state index contributed by atoms with van der Waals surface area (Å²) in [6, 6.07) is 4.02. The van der Waals surface area contributed by atoms with E-state index in [1.165, 1.54) is 5.57 Å². The molecule has 1 aliphatic heterocycles. The van der Waals surface area contributed by atoms with Gasteiger partial charge >= 0.3 is 0 Å². The highest BCUT2D eigenvalue weighted by molar-refractivity contribution is 6.31. The Bertz CT molecular complexity index is 672. The standard InChI is InChI=1S/C19H23ClN2O/c1-5-7-16(20)12-14(2)9-10-15-8-6-11-21-17(15)18-22-19(3,4)13-23-18/h5-8,11-12H,1,9-10,13H2,2-4H3/b14-12+,16-7+. The van der Waals surface area contributed by atoms with Gasteiger partial charge in [-0.2, -0.15) is 0 Å². The summed E-state index contributed by atoms with van der Waals surface area (Å²) in [4.78, 5) is 9.10. The number of aromatic nitrogens is 1. The lowest BCUT2D eigenvalue weighted by Crippen LogP contribution is -2.17. The first-order valence-corrected chi connectivity index (χ1v) is 8.11. The smallest absolute Gasteiger partial charge is 0.236 e. The van der Waals surface area contributed by atoms with E-state index in [1.807, 2.05) is 12.1 Å². The second kappa shape index (κ2) is 7.60. The van der Waals surface area contributed by atoms with Crippen LogP contribution in [0.4, 0.5) is 0 Å². The van der Waals surface area contributed by atoms with Crippen molar-refractivity contribution in [2.24, 2.45) is 4.99 Å². The molecule has 0 saturated carbocycles. The first-order chi connectivity index (χ1) is 10.9. The molecule has 0 aliphatic carbocycles. The Morgan fingerprint density at radius 2 is 2.26 bits per heavy atom. The summed E-state index contributed by atoms with van der Waals surface area (Å²) < 4.78 is 5.73. The molecule has 122 valence electrons. The van der Waals surface area contributed by atoms with Crippen LogP contribution in [-0.2, 0) is 11.2 Å². The van der Waals surface area contributed by atoms with Crippen molar-refractivity contribution in [2.45, 2.75) is 39.2 Å². The molecule has 0 fully saturated rings. The third-order valence-electron chi connectivity index (χ3n) is 3.51. The number of ether oxygens (including phenoxy) is 1. The van der Waals surface area contributed by atoms with Crippen molar-refractivity contribution in [2.75, 3.05) is 6.61 Å². The van der Waals surface area contributed by atoms with Crippen LogP contribution in [-0.4, -0.2) is 23.0 Å². The average molecular weight is 331 g/mol. The van der Waals surface area contributed by atoms with Gasteiger partial charge in [-0.05, 0) is 57.4 Å². The molecule has 0 radical (unpaired) electrons. The molecule has 3 nitrogen and oxygen atoms in total. The van der Waals surface area contributed by atoms with E-state index in [9.17, 15) is 0 Å². The zero-order valence-corrected chi connectivity index (χ0v) is 14.7. The minimum atomic E-state index is -0.178. The minimum Gasteiger partial charge on any atom is -0.474 e. The van der Waals surface area contributed by atoms with Crippen molar-refractivity contribution in [1.82, 2.24) is 4.98 Å². The maximum Gasteiger partial charge on any atom is 0.236 e. The number of rotatable bonds is 6. The third-order valence-corrected chi connectivity index (χ3v) is 3.75. The van der Waals surface area contributed by atoms with Crippen LogP contribution in [0.3, 0.4) is 0 Å². The predicted molar refractivity (Wildman–Crippen MR) is 97.0 cm³/mol. The molecule has 2 heterocycles. The molecule has 0 N–H and O–H groups in total. The fourth-order valence-electron chi connectivity index (χ4n) is 2.34. The molecule has 2 rings (SSSR count). The number of aryl methyl sites for hydroxylation is 1. The van der Waals surface area contributed by atoms with Crippen molar-refractivity contribution < 1.29 is 4.74 Å². The first kappa shape index (κ1) is 17.5. The third kappa shape index (κ3) is 5.07. The van der Waals surface area contributed by atoms with Crippen LogP contribution in [0.25, 0.3) is 0 Å². The Morgan fingerprint density at radius 3 is 2.91 bits per heavy atom. The van der Waals surface area contributed by atoms with Gasteiger partial charge in [0.15, 0.2) is 0 Å². The molecule has 0 atom stereocenters. The van der Waals surface area contributed by atoms with Gasteiger partial charge in [0, 0.05) is 11.2 Å². The molecule has 0 bridgehead atoms. The van der Waals surface area contributed by atoms with E-state index in [0.717, 1.165) is 24.1 Å². The molecule has 0 spiro atoms. The normalized spacial score (nSPS) is 17.7. The van der Waals surface area contributed by atoms with E-state index in [0.29, 0.717) is 17.5 Å². The summed E-state index contributed by atoms with van der Waals surface area (Å²) in [5, 5.41) is 0.689. The summed E-state index contributed by atoms with van der Waals surface area (Å²) in [6.07, 6.45) is 8.98. The summed E-state index contributed by atoms with van der Waals surface area (Å²) in [5.41, 5.74) is 3.01. The van der Waals surface area contributed by atoms with E-state index in [2.05, 4.69) is 43.4 Å². The van der Waals surface area contributed by atoms with E-state index >= 15 is 0 Å². The molecule has 1 aromatic rings. The lowest BCUT2D eigenvalue weighted by Gasteiger charge is -2.08. The summed E-state index contributed by atoms with van der Waals surface area (Å²) in [5.74, 6) is 0.650. The van der Waals surface area contributed by atoms with Crippen LogP contribution < -0.4 is 0 Å². The Labute approximate surface area is 143 Å². The molecular weight excluding hydrogens is 308 g/mol. The number of aliphatic imine (C=N–C) groups is 1. The van der Waals surface area contributed by atoms with Crippen molar-refractivity contribution in [3.63, 3.8) is 0 Å². The lowest BCUT2D eigenvalue weighted by molar-refractivity contribution is 0.279. The van der Waals surface area contributed by atoms with Gasteiger partial charge in [0.1, 0.15) is 12.3 Å². The zero-order chi connectivity index (χ0) is 16.9. The number of allylic oxidation sites excluding steroid dienone is 5. The van der Waals surface area contributed by atoms with E-state index in [4.69, 9.17) is 16.3 Å². The minimum absolute atomic E-state index is 0.178. The second-order valence-electron chi connectivity index (χ2n) is 6.31. The Hall–Kier alpha value is -1.87. The SMILES string of the molecule is C=C/C=C(Cl)\C=C(/C)CCc1cccnc1C1=NC(C)(C)CO1. The highest BCUT2D eigenvalue weighted by Crippen LogP contribution is 2.22. The number of hydrogen-bond acceptors (Lipinski definition) is 3. The molecule has 1 aromatic heterocycles. The highest BCUT2D eigenvalue weighted by atomic mass is 35.5. The van der Waals surface area contributed by atoms with E-state index < -0.39 is 0 Å². The summed E-state index contributed by atoms with van der Waals surface area (Å²) in [6.45, 7) is 10.4. The van der Waals surface area contributed by atoms with E-state index in [1.54, 1.807) is 18.3 Å². The van der Waals surface area contributed by atoms with Gasteiger partial charge in [-0.25, -0.2) is 4.99 Å². The second-order valence-corrected chi connectivity index (χ2v) is 6.74. The van der Waals surface area contributed by atoms with Crippen LogP contribution in [0.2, 0.25) is 0 Å². The summed E-state index contributed by atoms with van der Waals surface area (Å²) in [7, 11) is 0. The predicted octanol–water partition coefficient (Wildman–Crippen LogP) is 4.82. The van der Waals surface area contributed by atoms with Crippen molar-refractivity contribution in [3.8, 4) is 0 Å². The maximum atomic E-state index is 6.09. The lowest BCUT2D eigenvalue weighted by atomic mass is 10.0. The molecule has 0 unspecified atom stereocenters. The molecule has 23 heavy (non-hydrogen) atoms. The van der Waals surface area contributed by atoms with Crippen molar-refractivity contribution >= 4 is 17.5 Å². The number of hydrogen-bond donors (Lipinski definition) is 0. The van der Waals surface area contributed by atoms with Gasteiger partial charge < -0.3 is 4.74 Å². The Kier molecular flexibility index (Phi) is 5.78. The van der Waals surface area contributed by atoms with Gasteiger partial charge in [0.05, 0.1) is 5.54 Å². The molecule has 4 heteroatoms. The largest absolute Gasteiger partial charge is 0.474 e. The Morgan fingerprint density at radius 1 is 1.48 bits per heavy atom. The monoisotopic (exact) mass is 330 g/mol. The van der Waals surface area contributed by atoms with Gasteiger partial charge in [-0.15, -0.1) is 0 Å². The Balaban J connectivity index is 2.13. The van der Waals surface area contributed by atoms with Crippen molar-refractivity contribution in [3.05, 3.63) is 65.0 Å². The van der Waals surface area contributed by atoms with Gasteiger partial charge in [-0.3, -0.25) is 4.98 Å². The maximum absolute atomic E-state index is 6.09. The highest BCUT2D eigenvalue weighted by Gasteiger charge is 2.28. The molecule has 0 aromatic carbocycles. The fraction of sp³-hybridized carbons (Fsp3) is 0.368. The molecule has 0 amide bonds. The first-order valence-electron chi connectivity index (χ1n) is 7.73. The molecule has 1 aliphatic rings. The number of pyridine rings is 1. The van der Waals surface area contributed by atoms with Crippen LogP contribution >= 0.6 is 11.6 Å². The van der Waals surface area contributed by atoms with Crippen LogP contribution in [0.5, 0.6) is 0 Å². The van der Waals surface area contributed by atoms with Gasteiger partial charge in [0.2, 0.25) is 5.90 Å². The van der Waals surface area contributed by atoms with Crippen LogP contribution in [0.15, 0.2) is 58.7 Å². The number of nitrogens with zero attached hydrogens (tertiary/aromatic N) is 2. The molecule has 0 saturated heterocycles. The molecular formula is C19H23ClN2O. The average Bonchev–Trinajstić information content (AvgIpc) is 2.85. The topological polar surface area (TPSA) is 34.5 Å². The van der Waals surface area contributed by atoms with Crippen LogP contribution in [0, 0.1) is 0 Å². The number of halogens is 1. The zero-order valence-electron chi connectivity index (χ0n) is 14.0. The van der Waals surface area contributed by atoms with Crippen molar-refractivity contribution in [1.29, 1.82) is 0 Å².